The number of carbonyl (C=O) groups excluding carboxylic acids is 2. The molecule has 5 nitrogen and oxygen atoms in total. The fourth-order valence-corrected chi connectivity index (χ4v) is 7.72. The number of ether oxygens (including phenoxy) is 2. The van der Waals surface area contributed by atoms with Crippen molar-refractivity contribution in [1.82, 2.24) is 0 Å². The maximum Gasteiger partial charge on any atom is 0.306 e. The Morgan fingerprint density at radius 1 is 0.418 bits per heavy atom. The van der Waals surface area contributed by atoms with Crippen molar-refractivity contribution in [3.05, 3.63) is 0 Å². The number of unbranched alkanes of at least 4 members (excludes halogenated alkanes) is 32. The van der Waals surface area contributed by atoms with Gasteiger partial charge in [0.1, 0.15) is 6.61 Å². The van der Waals surface area contributed by atoms with Gasteiger partial charge in [0, 0.05) is 12.8 Å². The van der Waals surface area contributed by atoms with Gasteiger partial charge in [0.15, 0.2) is 6.10 Å². The molecule has 2 atom stereocenters. The molecule has 328 valence electrons. The van der Waals surface area contributed by atoms with Gasteiger partial charge >= 0.3 is 11.9 Å². The molecular weight excluding hydrogens is 681 g/mol. The molecule has 0 aromatic rings. The Morgan fingerprint density at radius 3 is 1.02 bits per heavy atom. The largest absolute Gasteiger partial charge is 0.462 e. The highest BCUT2D eigenvalue weighted by molar-refractivity contribution is 5.70. The third-order valence-electron chi connectivity index (χ3n) is 11.9. The average molecular weight is 779 g/mol. The van der Waals surface area contributed by atoms with Crippen LogP contribution in [0.4, 0.5) is 0 Å². The SMILES string of the molecule is CCC(C)CCCCCCCCCCCCCCCCCCCCC(=O)OC[C@H](CO)OC(=O)CCCCCCCCCCCCCCCCCCC(C)C. The summed E-state index contributed by atoms with van der Waals surface area (Å²) >= 11 is 0. The second-order valence-electron chi connectivity index (χ2n) is 18.0. The zero-order chi connectivity index (χ0) is 40.3. The Morgan fingerprint density at radius 2 is 0.709 bits per heavy atom. The lowest BCUT2D eigenvalue weighted by Crippen LogP contribution is -2.28. The van der Waals surface area contributed by atoms with Crippen molar-refractivity contribution in [3.8, 4) is 0 Å². The summed E-state index contributed by atoms with van der Waals surface area (Å²) in [4.78, 5) is 24.4. The molecule has 0 radical (unpaired) electrons. The maximum atomic E-state index is 12.2. The summed E-state index contributed by atoms with van der Waals surface area (Å²) in [5.41, 5.74) is 0. The van der Waals surface area contributed by atoms with Crippen LogP contribution in [0.2, 0.25) is 0 Å². The van der Waals surface area contributed by atoms with Gasteiger partial charge in [0.25, 0.3) is 0 Å². The lowest BCUT2D eigenvalue weighted by molar-refractivity contribution is -0.161. The molecule has 0 aromatic heterocycles. The number of hydrogen-bond acceptors (Lipinski definition) is 5. The summed E-state index contributed by atoms with van der Waals surface area (Å²) in [6.45, 7) is 8.96. The summed E-state index contributed by atoms with van der Waals surface area (Å²) in [7, 11) is 0. The van der Waals surface area contributed by atoms with Crippen LogP contribution in [-0.2, 0) is 19.1 Å². The molecule has 0 saturated carbocycles. The molecule has 0 aliphatic rings. The van der Waals surface area contributed by atoms with E-state index < -0.39 is 6.10 Å². The van der Waals surface area contributed by atoms with E-state index in [4.69, 9.17) is 9.47 Å². The number of aliphatic hydroxyl groups excluding tert-OH is 1. The second kappa shape index (κ2) is 44.0. The first-order valence-electron chi connectivity index (χ1n) is 24.8. The van der Waals surface area contributed by atoms with E-state index in [1.54, 1.807) is 0 Å². The second-order valence-corrected chi connectivity index (χ2v) is 18.0. The van der Waals surface area contributed by atoms with E-state index >= 15 is 0 Å². The molecule has 0 rings (SSSR count). The quantitative estimate of drug-likeness (QED) is 0.0492. The zero-order valence-corrected chi connectivity index (χ0v) is 37.8. The van der Waals surface area contributed by atoms with Crippen LogP contribution in [0.3, 0.4) is 0 Å². The molecule has 0 aliphatic heterocycles. The summed E-state index contributed by atoms with van der Waals surface area (Å²) in [5, 5.41) is 9.62. The van der Waals surface area contributed by atoms with Crippen molar-refractivity contribution >= 4 is 11.9 Å². The number of hydrogen-bond donors (Lipinski definition) is 1. The fourth-order valence-electron chi connectivity index (χ4n) is 7.72. The van der Waals surface area contributed by atoms with Gasteiger partial charge < -0.3 is 14.6 Å². The smallest absolute Gasteiger partial charge is 0.306 e. The van der Waals surface area contributed by atoms with E-state index in [9.17, 15) is 14.7 Å². The van der Waals surface area contributed by atoms with Crippen LogP contribution in [0.5, 0.6) is 0 Å². The van der Waals surface area contributed by atoms with Crippen LogP contribution in [-0.4, -0.2) is 36.4 Å². The molecule has 0 fully saturated rings. The van der Waals surface area contributed by atoms with Gasteiger partial charge in [-0.2, -0.15) is 0 Å². The number of esters is 2. The van der Waals surface area contributed by atoms with E-state index in [1.807, 2.05) is 0 Å². The van der Waals surface area contributed by atoms with Gasteiger partial charge in [0.05, 0.1) is 6.61 Å². The molecule has 1 N–H and O–H groups in total. The van der Waals surface area contributed by atoms with Crippen molar-refractivity contribution in [2.24, 2.45) is 11.8 Å². The maximum absolute atomic E-state index is 12.2. The Kier molecular flexibility index (Phi) is 43.1. The minimum absolute atomic E-state index is 0.0572. The average Bonchev–Trinajstić information content (AvgIpc) is 3.17. The normalized spacial score (nSPS) is 12.7. The Balaban J connectivity index is 3.44. The van der Waals surface area contributed by atoms with Crippen molar-refractivity contribution < 1.29 is 24.2 Å². The molecule has 0 aliphatic carbocycles. The Bertz CT molecular complexity index is 782. The highest BCUT2D eigenvalue weighted by atomic mass is 16.6. The van der Waals surface area contributed by atoms with Gasteiger partial charge in [-0.05, 0) is 24.7 Å². The van der Waals surface area contributed by atoms with E-state index in [2.05, 4.69) is 27.7 Å². The van der Waals surface area contributed by atoms with Crippen molar-refractivity contribution in [2.75, 3.05) is 13.2 Å². The molecule has 0 aromatic carbocycles. The Hall–Kier alpha value is -1.10. The third-order valence-corrected chi connectivity index (χ3v) is 11.9. The molecule has 5 heteroatoms. The standard InChI is InChI=1S/C50H98O5/c1-5-47(4)41-37-33-29-25-21-17-13-8-6-7-9-14-18-22-26-30-34-38-42-49(52)54-45-48(44-51)55-50(53)43-39-35-31-27-23-19-15-11-10-12-16-20-24-28-32-36-40-46(2)3/h46-48,51H,5-45H2,1-4H3/t47?,48-/m0/s1. The van der Waals surface area contributed by atoms with Gasteiger partial charge in [-0.25, -0.2) is 0 Å². The predicted octanol–water partition coefficient (Wildman–Crippen LogP) is 16.0. The molecule has 0 bridgehead atoms. The highest BCUT2D eigenvalue weighted by Crippen LogP contribution is 2.18. The zero-order valence-electron chi connectivity index (χ0n) is 37.8. The van der Waals surface area contributed by atoms with Crippen LogP contribution in [0.1, 0.15) is 278 Å². The minimum Gasteiger partial charge on any atom is -0.462 e. The topological polar surface area (TPSA) is 72.8 Å². The first kappa shape index (κ1) is 53.9. The molecule has 0 saturated heterocycles. The van der Waals surface area contributed by atoms with Gasteiger partial charge in [-0.3, -0.25) is 9.59 Å². The van der Waals surface area contributed by atoms with E-state index in [1.165, 1.54) is 205 Å². The van der Waals surface area contributed by atoms with Gasteiger partial charge in [-0.1, -0.05) is 252 Å². The van der Waals surface area contributed by atoms with Crippen LogP contribution in [0.25, 0.3) is 0 Å². The number of carbonyl (C=O) groups is 2. The van der Waals surface area contributed by atoms with E-state index in [0.717, 1.165) is 43.9 Å². The molecule has 0 heterocycles. The van der Waals surface area contributed by atoms with Crippen molar-refractivity contribution in [1.29, 1.82) is 0 Å². The molecule has 0 spiro atoms. The molecule has 55 heavy (non-hydrogen) atoms. The van der Waals surface area contributed by atoms with Crippen molar-refractivity contribution in [2.45, 2.75) is 284 Å². The summed E-state index contributed by atoms with van der Waals surface area (Å²) in [5.74, 6) is 1.20. The van der Waals surface area contributed by atoms with Crippen LogP contribution in [0, 0.1) is 11.8 Å². The van der Waals surface area contributed by atoms with Crippen LogP contribution in [0.15, 0.2) is 0 Å². The van der Waals surface area contributed by atoms with Crippen LogP contribution < -0.4 is 0 Å². The summed E-state index contributed by atoms with van der Waals surface area (Å²) in [6, 6.07) is 0. The monoisotopic (exact) mass is 779 g/mol. The fraction of sp³-hybridized carbons (Fsp3) is 0.960. The lowest BCUT2D eigenvalue weighted by atomic mass is 9.99. The van der Waals surface area contributed by atoms with Crippen LogP contribution >= 0.6 is 0 Å². The van der Waals surface area contributed by atoms with Crippen molar-refractivity contribution in [3.63, 3.8) is 0 Å². The predicted molar refractivity (Wildman–Crippen MR) is 238 cm³/mol. The van der Waals surface area contributed by atoms with E-state index in [0.29, 0.717) is 12.8 Å². The minimum atomic E-state index is -0.764. The summed E-state index contributed by atoms with van der Waals surface area (Å²) in [6.07, 6.45) is 49.0. The number of aliphatic hydroxyl groups is 1. The first-order chi connectivity index (χ1) is 26.9. The highest BCUT2D eigenvalue weighted by Gasteiger charge is 2.16. The van der Waals surface area contributed by atoms with Gasteiger partial charge in [-0.15, -0.1) is 0 Å². The molecule has 0 amide bonds. The number of rotatable bonds is 45. The molecule has 1 unspecified atom stereocenters. The first-order valence-corrected chi connectivity index (χ1v) is 24.8. The molecular formula is C50H98O5. The Labute approximate surface area is 344 Å². The third kappa shape index (κ3) is 43.9. The van der Waals surface area contributed by atoms with Gasteiger partial charge in [0.2, 0.25) is 0 Å². The van der Waals surface area contributed by atoms with E-state index in [-0.39, 0.29) is 25.2 Å². The summed E-state index contributed by atoms with van der Waals surface area (Å²) < 4.78 is 10.7. The lowest BCUT2D eigenvalue weighted by Gasteiger charge is -2.15.